The van der Waals surface area contributed by atoms with Crippen LogP contribution >= 0.6 is 0 Å². The normalized spacial score (nSPS) is 8.75. The van der Waals surface area contributed by atoms with Crippen LogP contribution in [-0.4, -0.2) is 30.6 Å². The molecule has 0 aromatic heterocycles. The quantitative estimate of drug-likeness (QED) is 0.637. The van der Waals surface area contributed by atoms with Gasteiger partial charge in [-0.05, 0) is 13.8 Å². The van der Waals surface area contributed by atoms with Crippen molar-refractivity contribution in [2.24, 2.45) is 0 Å². The Morgan fingerprint density at radius 2 is 2.08 bits per heavy atom. The number of carbonyl (C=O) groups excluding carboxylic acids is 1. The maximum Gasteiger partial charge on any atom is 0.317 e. The van der Waals surface area contributed by atoms with Crippen molar-refractivity contribution in [3.05, 3.63) is 0 Å². The Kier molecular flexibility index (Phi) is 5.80. The van der Waals surface area contributed by atoms with Crippen molar-refractivity contribution in [1.29, 1.82) is 5.26 Å². The van der Waals surface area contributed by atoms with Gasteiger partial charge in [0.05, 0.1) is 12.5 Å². The highest BCUT2D eigenvalue weighted by Crippen LogP contribution is 1.87. The molecule has 0 aliphatic heterocycles. The van der Waals surface area contributed by atoms with Gasteiger partial charge in [0.25, 0.3) is 0 Å². The van der Waals surface area contributed by atoms with Crippen LogP contribution in [0.25, 0.3) is 0 Å². The van der Waals surface area contributed by atoms with Crippen LogP contribution in [0.3, 0.4) is 0 Å². The molecule has 0 bridgehead atoms. The van der Waals surface area contributed by atoms with Gasteiger partial charge in [0.1, 0.15) is 0 Å². The standard InChI is InChI=1S/C8H15N3O/c1-3-11(4-2)8(12)10-7-5-6-9/h3-5,7H2,1-2H3,(H,10,12). The van der Waals surface area contributed by atoms with Crippen molar-refractivity contribution in [3.63, 3.8) is 0 Å². The summed E-state index contributed by atoms with van der Waals surface area (Å²) in [6, 6.07) is 1.88. The largest absolute Gasteiger partial charge is 0.337 e. The van der Waals surface area contributed by atoms with Gasteiger partial charge in [0.15, 0.2) is 0 Å². The third-order valence-electron chi connectivity index (χ3n) is 1.56. The molecule has 0 unspecified atom stereocenters. The molecule has 2 amide bonds. The molecule has 0 rings (SSSR count). The van der Waals surface area contributed by atoms with Gasteiger partial charge in [0, 0.05) is 19.6 Å². The van der Waals surface area contributed by atoms with E-state index in [0.717, 1.165) is 0 Å². The molecule has 0 aromatic rings. The molecule has 0 heterocycles. The Morgan fingerprint density at radius 1 is 1.50 bits per heavy atom. The second-order valence-corrected chi connectivity index (χ2v) is 2.31. The molecule has 0 radical (unpaired) electrons. The molecule has 0 aromatic carbocycles. The van der Waals surface area contributed by atoms with Crippen molar-refractivity contribution in [2.45, 2.75) is 20.3 Å². The first kappa shape index (κ1) is 10.8. The summed E-state index contributed by atoms with van der Waals surface area (Å²) in [4.78, 5) is 12.9. The zero-order valence-corrected chi connectivity index (χ0v) is 7.63. The molecule has 12 heavy (non-hydrogen) atoms. The molecule has 0 saturated heterocycles. The highest BCUT2D eigenvalue weighted by molar-refractivity contribution is 5.73. The van der Waals surface area contributed by atoms with E-state index in [4.69, 9.17) is 5.26 Å². The number of amides is 2. The van der Waals surface area contributed by atoms with Crippen molar-refractivity contribution in [3.8, 4) is 6.07 Å². The van der Waals surface area contributed by atoms with Gasteiger partial charge in [-0.3, -0.25) is 0 Å². The van der Waals surface area contributed by atoms with Crippen LogP contribution in [0.2, 0.25) is 0 Å². The maximum absolute atomic E-state index is 11.2. The van der Waals surface area contributed by atoms with Gasteiger partial charge in [0.2, 0.25) is 0 Å². The van der Waals surface area contributed by atoms with E-state index in [1.54, 1.807) is 4.90 Å². The summed E-state index contributed by atoms with van der Waals surface area (Å²) in [6.45, 7) is 5.69. The topological polar surface area (TPSA) is 56.1 Å². The zero-order valence-electron chi connectivity index (χ0n) is 7.63. The predicted octanol–water partition coefficient (Wildman–Crippen LogP) is 0.951. The number of nitriles is 1. The first-order valence-electron chi connectivity index (χ1n) is 4.16. The van der Waals surface area contributed by atoms with E-state index in [1.165, 1.54) is 0 Å². The molecule has 1 N–H and O–H groups in total. The highest BCUT2D eigenvalue weighted by Gasteiger charge is 2.06. The van der Waals surface area contributed by atoms with Gasteiger partial charge < -0.3 is 10.2 Å². The van der Waals surface area contributed by atoms with E-state index >= 15 is 0 Å². The lowest BCUT2D eigenvalue weighted by Crippen LogP contribution is -2.39. The Labute approximate surface area is 73.2 Å². The van der Waals surface area contributed by atoms with Gasteiger partial charge in [-0.1, -0.05) is 0 Å². The van der Waals surface area contributed by atoms with E-state index in [-0.39, 0.29) is 6.03 Å². The van der Waals surface area contributed by atoms with Crippen LogP contribution < -0.4 is 5.32 Å². The molecule has 0 aliphatic rings. The molecule has 0 atom stereocenters. The van der Waals surface area contributed by atoms with E-state index in [0.29, 0.717) is 26.1 Å². The molecular weight excluding hydrogens is 154 g/mol. The monoisotopic (exact) mass is 169 g/mol. The van der Waals surface area contributed by atoms with Crippen molar-refractivity contribution in [1.82, 2.24) is 10.2 Å². The molecular formula is C8H15N3O. The molecule has 0 fully saturated rings. The molecule has 4 nitrogen and oxygen atoms in total. The summed E-state index contributed by atoms with van der Waals surface area (Å²) in [5.74, 6) is 0. The average Bonchev–Trinajstić information content (AvgIpc) is 2.07. The lowest BCUT2D eigenvalue weighted by molar-refractivity contribution is 0.203. The first-order chi connectivity index (χ1) is 5.76. The van der Waals surface area contributed by atoms with Crippen molar-refractivity contribution < 1.29 is 4.79 Å². The van der Waals surface area contributed by atoms with Gasteiger partial charge in [-0.15, -0.1) is 0 Å². The lowest BCUT2D eigenvalue weighted by Gasteiger charge is -2.18. The highest BCUT2D eigenvalue weighted by atomic mass is 16.2. The number of hydrogen-bond acceptors (Lipinski definition) is 2. The average molecular weight is 169 g/mol. The van der Waals surface area contributed by atoms with E-state index < -0.39 is 0 Å². The maximum atomic E-state index is 11.2. The fraction of sp³-hybridized carbons (Fsp3) is 0.750. The number of carbonyl (C=O) groups is 1. The SMILES string of the molecule is CCN(CC)C(=O)NCCC#N. The van der Waals surface area contributed by atoms with E-state index in [9.17, 15) is 4.79 Å². The Hall–Kier alpha value is -1.24. The summed E-state index contributed by atoms with van der Waals surface area (Å²) < 4.78 is 0. The molecule has 68 valence electrons. The van der Waals surface area contributed by atoms with E-state index in [1.807, 2.05) is 19.9 Å². The van der Waals surface area contributed by atoms with Gasteiger partial charge >= 0.3 is 6.03 Å². The molecule has 0 spiro atoms. The number of rotatable bonds is 4. The Bertz CT molecular complexity index is 170. The second-order valence-electron chi connectivity index (χ2n) is 2.31. The number of nitrogens with zero attached hydrogens (tertiary/aromatic N) is 2. The van der Waals surface area contributed by atoms with Crippen molar-refractivity contribution in [2.75, 3.05) is 19.6 Å². The summed E-state index contributed by atoms with van der Waals surface area (Å²) >= 11 is 0. The van der Waals surface area contributed by atoms with Crippen LogP contribution in [0, 0.1) is 11.3 Å². The minimum Gasteiger partial charge on any atom is -0.337 e. The number of urea groups is 1. The first-order valence-corrected chi connectivity index (χ1v) is 4.16. The van der Waals surface area contributed by atoms with Gasteiger partial charge in [-0.25, -0.2) is 4.79 Å². The predicted molar refractivity (Wildman–Crippen MR) is 46.5 cm³/mol. The van der Waals surface area contributed by atoms with E-state index in [2.05, 4.69) is 5.32 Å². The fourth-order valence-electron chi connectivity index (χ4n) is 0.848. The van der Waals surface area contributed by atoms with Gasteiger partial charge in [-0.2, -0.15) is 5.26 Å². The summed E-state index contributed by atoms with van der Waals surface area (Å²) in [6.07, 6.45) is 0.368. The minimum absolute atomic E-state index is 0.0877. The minimum atomic E-state index is -0.0877. The second kappa shape index (κ2) is 6.47. The molecule has 0 aliphatic carbocycles. The smallest absolute Gasteiger partial charge is 0.317 e. The summed E-state index contributed by atoms with van der Waals surface area (Å²) in [5, 5.41) is 10.9. The van der Waals surface area contributed by atoms with Crippen molar-refractivity contribution >= 4 is 6.03 Å². The number of hydrogen-bond donors (Lipinski definition) is 1. The fourth-order valence-corrected chi connectivity index (χ4v) is 0.848. The summed E-state index contributed by atoms with van der Waals surface area (Å²) in [7, 11) is 0. The van der Waals surface area contributed by atoms with Crippen LogP contribution in [0.4, 0.5) is 4.79 Å². The molecule has 4 heteroatoms. The molecule has 0 saturated carbocycles. The number of nitrogens with one attached hydrogen (secondary N) is 1. The Balaban J connectivity index is 3.63. The van der Waals surface area contributed by atoms with Crippen LogP contribution in [0.15, 0.2) is 0 Å². The third-order valence-corrected chi connectivity index (χ3v) is 1.56. The van der Waals surface area contributed by atoms with Crippen LogP contribution in [-0.2, 0) is 0 Å². The van der Waals surface area contributed by atoms with Crippen LogP contribution in [0.5, 0.6) is 0 Å². The van der Waals surface area contributed by atoms with Crippen LogP contribution in [0.1, 0.15) is 20.3 Å². The third kappa shape index (κ3) is 3.81. The lowest BCUT2D eigenvalue weighted by atomic mass is 10.4. The zero-order chi connectivity index (χ0) is 9.40. The summed E-state index contributed by atoms with van der Waals surface area (Å²) in [5.41, 5.74) is 0. The Morgan fingerprint density at radius 3 is 2.50 bits per heavy atom.